The Kier molecular flexibility index (Phi) is 5.79. The van der Waals surface area contributed by atoms with Crippen LogP contribution in [0.2, 0.25) is 0 Å². The number of thioether (sulfide) groups is 1. The zero-order valence-corrected chi connectivity index (χ0v) is 18.7. The fraction of sp³-hybridized carbons (Fsp3) is 0.409. The molecule has 0 saturated carbocycles. The number of methoxy groups -OCH3 is 2. The molecular formula is C22H24N2O3S2. The monoisotopic (exact) mass is 428 g/mol. The number of rotatable bonds is 6. The third kappa shape index (κ3) is 3.98. The van der Waals surface area contributed by atoms with E-state index in [2.05, 4.69) is 11.9 Å². The van der Waals surface area contributed by atoms with Gasteiger partial charge in [-0.25, -0.2) is 9.97 Å². The predicted molar refractivity (Wildman–Crippen MR) is 118 cm³/mol. The SMILES string of the molecule is COc1ccc(OC)c(C(=O)CSc2nc(C)nc3sc4c(c23)CC[C@H](C)C4)c1. The van der Waals surface area contributed by atoms with Gasteiger partial charge in [-0.2, -0.15) is 0 Å². The van der Waals surface area contributed by atoms with Gasteiger partial charge >= 0.3 is 0 Å². The molecule has 0 unspecified atom stereocenters. The Bertz CT molecular complexity index is 1080. The molecule has 29 heavy (non-hydrogen) atoms. The minimum atomic E-state index is -0.00659. The highest BCUT2D eigenvalue weighted by atomic mass is 32.2. The van der Waals surface area contributed by atoms with Crippen molar-refractivity contribution in [3.8, 4) is 11.5 Å². The Morgan fingerprint density at radius 1 is 1.28 bits per heavy atom. The van der Waals surface area contributed by atoms with E-state index in [-0.39, 0.29) is 11.5 Å². The molecule has 0 saturated heterocycles. The minimum absolute atomic E-state index is 0.00659. The number of aromatic nitrogens is 2. The van der Waals surface area contributed by atoms with Gasteiger partial charge in [0.15, 0.2) is 5.78 Å². The molecule has 0 fully saturated rings. The lowest BCUT2D eigenvalue weighted by Gasteiger charge is -2.18. The van der Waals surface area contributed by atoms with Gasteiger partial charge in [0.25, 0.3) is 0 Å². The van der Waals surface area contributed by atoms with Gasteiger partial charge in [-0.05, 0) is 55.9 Å². The zero-order valence-electron chi connectivity index (χ0n) is 17.1. The Labute approximate surface area is 178 Å². The number of hydrogen-bond acceptors (Lipinski definition) is 7. The van der Waals surface area contributed by atoms with E-state index in [9.17, 15) is 4.79 Å². The first-order valence-corrected chi connectivity index (χ1v) is 11.5. The number of Topliss-reactive ketones (excluding diaryl/α,β-unsaturated/α-hetero) is 1. The Morgan fingerprint density at radius 3 is 2.86 bits per heavy atom. The molecule has 2 aromatic heterocycles. The van der Waals surface area contributed by atoms with Crippen LogP contribution in [0.1, 0.15) is 40.0 Å². The van der Waals surface area contributed by atoms with Crippen LogP contribution in [-0.4, -0.2) is 35.7 Å². The van der Waals surface area contributed by atoms with Crippen molar-refractivity contribution >= 4 is 39.1 Å². The summed E-state index contributed by atoms with van der Waals surface area (Å²) < 4.78 is 10.6. The van der Waals surface area contributed by atoms with Crippen LogP contribution in [0.5, 0.6) is 11.5 Å². The van der Waals surface area contributed by atoms with Crippen LogP contribution in [0.25, 0.3) is 10.2 Å². The van der Waals surface area contributed by atoms with E-state index in [4.69, 9.17) is 14.5 Å². The van der Waals surface area contributed by atoms with E-state index in [0.29, 0.717) is 23.0 Å². The molecule has 1 atom stereocenters. The summed E-state index contributed by atoms with van der Waals surface area (Å²) in [5.41, 5.74) is 1.92. The maximum absolute atomic E-state index is 13.0. The zero-order chi connectivity index (χ0) is 20.5. The summed E-state index contributed by atoms with van der Waals surface area (Å²) in [6, 6.07) is 5.29. The van der Waals surface area contributed by atoms with Gasteiger partial charge in [0.1, 0.15) is 27.2 Å². The van der Waals surface area contributed by atoms with Crippen LogP contribution in [0.15, 0.2) is 23.2 Å². The van der Waals surface area contributed by atoms with Crippen molar-refractivity contribution in [3.63, 3.8) is 0 Å². The molecule has 0 spiro atoms. The number of aryl methyl sites for hydroxylation is 2. The molecule has 1 aromatic carbocycles. The molecule has 0 amide bonds. The number of thiophene rings is 1. The molecule has 1 aliphatic carbocycles. The fourth-order valence-corrected chi connectivity index (χ4v) is 6.24. The maximum Gasteiger partial charge on any atom is 0.176 e. The second-order valence-electron chi connectivity index (χ2n) is 7.39. The fourth-order valence-electron chi connectivity index (χ4n) is 3.76. The summed E-state index contributed by atoms with van der Waals surface area (Å²) in [5.74, 6) is 2.94. The van der Waals surface area contributed by atoms with Crippen LogP contribution < -0.4 is 9.47 Å². The van der Waals surface area contributed by atoms with E-state index in [1.54, 1.807) is 43.8 Å². The second-order valence-corrected chi connectivity index (χ2v) is 9.43. The molecule has 0 radical (unpaired) electrons. The summed E-state index contributed by atoms with van der Waals surface area (Å²) in [6.07, 6.45) is 3.37. The lowest BCUT2D eigenvalue weighted by molar-refractivity contribution is 0.101. The highest BCUT2D eigenvalue weighted by Crippen LogP contribution is 2.41. The highest BCUT2D eigenvalue weighted by Gasteiger charge is 2.24. The molecule has 0 bridgehead atoms. The van der Waals surface area contributed by atoms with Crippen LogP contribution in [0.4, 0.5) is 0 Å². The van der Waals surface area contributed by atoms with Crippen molar-refractivity contribution in [1.29, 1.82) is 0 Å². The van der Waals surface area contributed by atoms with E-state index >= 15 is 0 Å². The van der Waals surface area contributed by atoms with Crippen molar-refractivity contribution in [1.82, 2.24) is 9.97 Å². The number of nitrogens with zero attached hydrogens (tertiary/aromatic N) is 2. The standard InChI is InChI=1S/C22H24N2O3S2/c1-12-5-7-15-19(9-12)29-22-20(15)21(23-13(2)24-22)28-11-17(25)16-10-14(26-3)6-8-18(16)27-4/h6,8,10,12H,5,7,9,11H2,1-4H3/t12-/m0/s1. The van der Waals surface area contributed by atoms with Gasteiger partial charge < -0.3 is 9.47 Å². The maximum atomic E-state index is 13.0. The molecule has 0 aliphatic heterocycles. The molecule has 152 valence electrons. The quantitative estimate of drug-likeness (QED) is 0.309. The predicted octanol–water partition coefficient (Wildman–Crippen LogP) is 5.12. The molecule has 1 aliphatic rings. The normalized spacial score (nSPS) is 15.9. The van der Waals surface area contributed by atoms with Crippen molar-refractivity contribution in [2.24, 2.45) is 5.92 Å². The van der Waals surface area contributed by atoms with Crippen molar-refractivity contribution in [2.45, 2.75) is 38.1 Å². The van der Waals surface area contributed by atoms with E-state index in [0.717, 1.165) is 33.9 Å². The van der Waals surface area contributed by atoms with Crippen LogP contribution in [0.3, 0.4) is 0 Å². The van der Waals surface area contributed by atoms with Gasteiger partial charge in [0, 0.05) is 10.3 Å². The largest absolute Gasteiger partial charge is 0.497 e. The van der Waals surface area contributed by atoms with Crippen LogP contribution >= 0.6 is 23.1 Å². The molecule has 5 nitrogen and oxygen atoms in total. The van der Waals surface area contributed by atoms with E-state index in [1.807, 2.05) is 6.92 Å². The number of ether oxygens (including phenoxy) is 2. The summed E-state index contributed by atoms with van der Waals surface area (Å²) in [7, 11) is 3.16. The molecular weight excluding hydrogens is 404 g/mol. The topological polar surface area (TPSA) is 61.3 Å². The number of carbonyl (C=O) groups is 1. The molecule has 3 aromatic rings. The van der Waals surface area contributed by atoms with Crippen molar-refractivity contribution in [3.05, 3.63) is 40.0 Å². The first-order valence-electron chi connectivity index (χ1n) is 9.67. The van der Waals surface area contributed by atoms with Crippen LogP contribution in [0, 0.1) is 12.8 Å². The molecule has 4 rings (SSSR count). The first kappa shape index (κ1) is 20.2. The number of ketones is 1. The third-order valence-corrected chi connectivity index (χ3v) is 7.40. The van der Waals surface area contributed by atoms with Crippen molar-refractivity contribution < 1.29 is 14.3 Å². The minimum Gasteiger partial charge on any atom is -0.497 e. The number of carbonyl (C=O) groups excluding carboxylic acids is 1. The van der Waals surface area contributed by atoms with E-state index in [1.165, 1.54) is 28.6 Å². The van der Waals surface area contributed by atoms with E-state index < -0.39 is 0 Å². The average Bonchev–Trinajstić information content (AvgIpc) is 3.08. The summed E-state index contributed by atoms with van der Waals surface area (Å²) in [4.78, 5) is 24.8. The van der Waals surface area contributed by atoms with Crippen molar-refractivity contribution in [2.75, 3.05) is 20.0 Å². The van der Waals surface area contributed by atoms with Gasteiger partial charge in [-0.1, -0.05) is 18.7 Å². The highest BCUT2D eigenvalue weighted by molar-refractivity contribution is 8.00. The summed E-state index contributed by atoms with van der Waals surface area (Å²) >= 11 is 3.28. The van der Waals surface area contributed by atoms with Gasteiger partial charge in [-0.15, -0.1) is 11.3 Å². The lowest BCUT2D eigenvalue weighted by atomic mass is 9.89. The Morgan fingerprint density at radius 2 is 2.10 bits per heavy atom. The van der Waals surface area contributed by atoms with Gasteiger partial charge in [-0.3, -0.25) is 4.79 Å². The van der Waals surface area contributed by atoms with Crippen LogP contribution in [-0.2, 0) is 12.8 Å². The number of fused-ring (bicyclic) bond motifs is 3. The lowest BCUT2D eigenvalue weighted by Crippen LogP contribution is -2.09. The second kappa shape index (κ2) is 8.32. The third-order valence-electron chi connectivity index (χ3n) is 5.28. The number of hydrogen-bond donors (Lipinski definition) is 0. The molecule has 7 heteroatoms. The Balaban J connectivity index is 1.64. The Hall–Kier alpha value is -2.12. The number of benzene rings is 1. The summed E-state index contributed by atoms with van der Waals surface area (Å²) in [5, 5.41) is 2.06. The van der Waals surface area contributed by atoms with Gasteiger partial charge in [0.2, 0.25) is 0 Å². The first-order chi connectivity index (χ1) is 14.0. The smallest absolute Gasteiger partial charge is 0.176 e. The van der Waals surface area contributed by atoms with Gasteiger partial charge in [0.05, 0.1) is 25.5 Å². The average molecular weight is 429 g/mol. The molecule has 2 heterocycles. The summed E-state index contributed by atoms with van der Waals surface area (Å²) in [6.45, 7) is 4.22. The molecule has 0 N–H and O–H groups in total.